The van der Waals surface area contributed by atoms with Crippen LogP contribution in [0.4, 0.5) is 0 Å². The predicted octanol–water partition coefficient (Wildman–Crippen LogP) is 2.08. The van der Waals surface area contributed by atoms with Crippen LogP contribution >= 0.6 is 11.3 Å². The molecule has 92 valence electrons. The third-order valence-electron chi connectivity index (χ3n) is 2.86. The minimum absolute atomic E-state index is 0.0222. The molecule has 3 N–H and O–H groups in total. The Hall–Kier alpha value is -1.17. The van der Waals surface area contributed by atoms with Gasteiger partial charge < -0.3 is 0 Å². The van der Waals surface area contributed by atoms with E-state index >= 15 is 0 Å². The molecule has 1 unspecified atom stereocenters. The van der Waals surface area contributed by atoms with Crippen molar-refractivity contribution in [2.75, 3.05) is 0 Å². The number of aryl methyl sites for hydroxylation is 2. The lowest BCUT2D eigenvalue weighted by molar-refractivity contribution is 0.542. The molecule has 0 aliphatic rings. The Kier molecular flexibility index (Phi) is 3.93. The number of nitrogens with zero attached hydrogens (tertiary/aromatic N) is 2. The van der Waals surface area contributed by atoms with Crippen molar-refractivity contribution < 1.29 is 0 Å². The van der Waals surface area contributed by atoms with Gasteiger partial charge in [0, 0.05) is 6.54 Å². The van der Waals surface area contributed by atoms with Crippen LogP contribution in [0.25, 0.3) is 0 Å². The first-order chi connectivity index (χ1) is 8.30. The summed E-state index contributed by atoms with van der Waals surface area (Å²) >= 11 is 1.68. The number of hydrazine groups is 1. The van der Waals surface area contributed by atoms with Gasteiger partial charge in [0.15, 0.2) is 0 Å². The van der Waals surface area contributed by atoms with Gasteiger partial charge in [-0.2, -0.15) is 16.4 Å². The van der Waals surface area contributed by atoms with Crippen molar-refractivity contribution in [3.05, 3.63) is 39.8 Å². The smallest absolute Gasteiger partial charge is 0.0886 e. The maximum atomic E-state index is 5.68. The van der Waals surface area contributed by atoms with Crippen molar-refractivity contribution in [2.45, 2.75) is 32.9 Å². The summed E-state index contributed by atoms with van der Waals surface area (Å²) in [5.74, 6) is 5.68. The number of hydrogen-bond acceptors (Lipinski definition) is 4. The van der Waals surface area contributed by atoms with E-state index in [1.807, 2.05) is 4.68 Å². The average Bonchev–Trinajstić information content (AvgIpc) is 2.99. The lowest BCUT2D eigenvalue weighted by Crippen LogP contribution is -2.30. The molecule has 0 aliphatic heterocycles. The van der Waals surface area contributed by atoms with Crippen molar-refractivity contribution in [3.8, 4) is 0 Å². The highest BCUT2D eigenvalue weighted by molar-refractivity contribution is 7.08. The quantitative estimate of drug-likeness (QED) is 0.631. The molecule has 2 aromatic heterocycles. The Balaban J connectivity index is 2.39. The number of rotatable bonds is 5. The lowest BCUT2D eigenvalue weighted by Gasteiger charge is -2.15. The minimum Gasteiger partial charge on any atom is -0.271 e. The molecule has 0 radical (unpaired) electrons. The summed E-state index contributed by atoms with van der Waals surface area (Å²) in [5, 5.41) is 8.73. The van der Waals surface area contributed by atoms with E-state index < -0.39 is 0 Å². The Morgan fingerprint density at radius 2 is 2.35 bits per heavy atom. The molecule has 0 fully saturated rings. The summed E-state index contributed by atoms with van der Waals surface area (Å²) in [6.07, 6.45) is 0.945. The van der Waals surface area contributed by atoms with Gasteiger partial charge in [0.25, 0.3) is 0 Å². The molecule has 0 bridgehead atoms. The zero-order valence-electron chi connectivity index (χ0n) is 10.2. The first-order valence-corrected chi connectivity index (χ1v) is 6.79. The molecule has 0 amide bonds. The Bertz CT molecular complexity index is 461. The molecule has 2 rings (SSSR count). The van der Waals surface area contributed by atoms with Crippen molar-refractivity contribution in [3.63, 3.8) is 0 Å². The largest absolute Gasteiger partial charge is 0.271 e. The molecule has 4 nitrogen and oxygen atoms in total. The minimum atomic E-state index is 0.0222. The second-order valence-electron chi connectivity index (χ2n) is 3.89. The fourth-order valence-electron chi connectivity index (χ4n) is 1.94. The van der Waals surface area contributed by atoms with Gasteiger partial charge in [0.05, 0.1) is 17.4 Å². The maximum Gasteiger partial charge on any atom is 0.0886 e. The van der Waals surface area contributed by atoms with Crippen molar-refractivity contribution in [2.24, 2.45) is 5.84 Å². The summed E-state index contributed by atoms with van der Waals surface area (Å²) in [5.41, 5.74) is 6.31. The maximum absolute atomic E-state index is 5.68. The number of nitrogens with two attached hydrogens (primary N) is 1. The number of hydrogen-bond donors (Lipinski definition) is 2. The highest BCUT2D eigenvalue weighted by atomic mass is 32.1. The SMILES string of the molecule is CCc1cc(C(NN)c2ccsc2)n(CC)n1. The summed E-state index contributed by atoms with van der Waals surface area (Å²) in [6.45, 7) is 5.07. The zero-order chi connectivity index (χ0) is 12.3. The first kappa shape index (κ1) is 12.3. The van der Waals surface area contributed by atoms with E-state index in [0.29, 0.717) is 0 Å². The van der Waals surface area contributed by atoms with E-state index in [1.165, 1.54) is 5.56 Å². The fourth-order valence-corrected chi connectivity index (χ4v) is 2.62. The molecule has 0 aromatic carbocycles. The van der Waals surface area contributed by atoms with E-state index in [9.17, 15) is 0 Å². The van der Waals surface area contributed by atoms with Gasteiger partial charge in [0.2, 0.25) is 0 Å². The molecule has 0 aliphatic carbocycles. The molecule has 0 saturated carbocycles. The number of thiophene rings is 1. The van der Waals surface area contributed by atoms with Crippen LogP contribution in [-0.2, 0) is 13.0 Å². The van der Waals surface area contributed by atoms with Gasteiger partial charge in [-0.25, -0.2) is 5.43 Å². The molecule has 2 aromatic rings. The monoisotopic (exact) mass is 250 g/mol. The fraction of sp³-hybridized carbons (Fsp3) is 0.417. The van der Waals surface area contributed by atoms with E-state index in [-0.39, 0.29) is 6.04 Å². The third kappa shape index (κ3) is 2.41. The van der Waals surface area contributed by atoms with Crippen LogP contribution in [0.1, 0.15) is 36.8 Å². The second-order valence-corrected chi connectivity index (χ2v) is 4.67. The Labute approximate surface area is 105 Å². The topological polar surface area (TPSA) is 55.9 Å². The summed E-state index contributed by atoms with van der Waals surface area (Å²) in [6, 6.07) is 4.24. The molecule has 5 heteroatoms. The van der Waals surface area contributed by atoms with Gasteiger partial charge in [-0.3, -0.25) is 10.5 Å². The summed E-state index contributed by atoms with van der Waals surface area (Å²) in [4.78, 5) is 0. The molecule has 1 atom stereocenters. The van der Waals surface area contributed by atoms with Crippen LogP contribution in [0.2, 0.25) is 0 Å². The average molecular weight is 250 g/mol. The first-order valence-electron chi connectivity index (χ1n) is 5.85. The van der Waals surface area contributed by atoms with Crippen LogP contribution in [0.15, 0.2) is 22.9 Å². The molecule has 0 spiro atoms. The van der Waals surface area contributed by atoms with Crippen molar-refractivity contribution in [1.29, 1.82) is 0 Å². The van der Waals surface area contributed by atoms with Crippen LogP contribution in [0.3, 0.4) is 0 Å². The Morgan fingerprint density at radius 3 is 2.88 bits per heavy atom. The van der Waals surface area contributed by atoms with E-state index in [1.54, 1.807) is 11.3 Å². The predicted molar refractivity (Wildman–Crippen MR) is 70.8 cm³/mol. The van der Waals surface area contributed by atoms with E-state index in [4.69, 9.17) is 5.84 Å². The van der Waals surface area contributed by atoms with Gasteiger partial charge in [0.1, 0.15) is 0 Å². The van der Waals surface area contributed by atoms with E-state index in [2.05, 4.69) is 47.3 Å². The molecular formula is C12H18N4S. The van der Waals surface area contributed by atoms with Crippen LogP contribution < -0.4 is 11.3 Å². The normalized spacial score (nSPS) is 12.9. The van der Waals surface area contributed by atoms with Crippen LogP contribution in [-0.4, -0.2) is 9.78 Å². The van der Waals surface area contributed by atoms with Gasteiger partial charge in [-0.15, -0.1) is 0 Å². The molecule has 17 heavy (non-hydrogen) atoms. The number of aromatic nitrogens is 2. The Morgan fingerprint density at radius 1 is 1.53 bits per heavy atom. The molecule has 2 heterocycles. The van der Waals surface area contributed by atoms with E-state index in [0.717, 1.165) is 24.4 Å². The highest BCUT2D eigenvalue weighted by Crippen LogP contribution is 2.24. The third-order valence-corrected chi connectivity index (χ3v) is 3.56. The van der Waals surface area contributed by atoms with Crippen molar-refractivity contribution in [1.82, 2.24) is 15.2 Å². The van der Waals surface area contributed by atoms with Crippen molar-refractivity contribution >= 4 is 11.3 Å². The lowest BCUT2D eigenvalue weighted by atomic mass is 10.1. The van der Waals surface area contributed by atoms with Gasteiger partial charge in [-0.05, 0) is 41.8 Å². The highest BCUT2D eigenvalue weighted by Gasteiger charge is 2.18. The summed E-state index contributed by atoms with van der Waals surface area (Å²) in [7, 11) is 0. The zero-order valence-corrected chi connectivity index (χ0v) is 11.0. The van der Waals surface area contributed by atoms with Crippen LogP contribution in [0.5, 0.6) is 0 Å². The van der Waals surface area contributed by atoms with Gasteiger partial charge >= 0.3 is 0 Å². The standard InChI is InChI=1S/C12H18N4S/c1-3-10-7-11(16(4-2)15-10)12(14-13)9-5-6-17-8-9/h5-8,12,14H,3-4,13H2,1-2H3. The number of nitrogens with one attached hydrogen (secondary N) is 1. The van der Waals surface area contributed by atoms with Gasteiger partial charge in [-0.1, -0.05) is 6.92 Å². The summed E-state index contributed by atoms with van der Waals surface area (Å²) < 4.78 is 2.01. The molecular weight excluding hydrogens is 232 g/mol. The van der Waals surface area contributed by atoms with Crippen LogP contribution in [0, 0.1) is 0 Å². The second kappa shape index (κ2) is 5.44. The molecule has 0 saturated heterocycles.